The van der Waals surface area contributed by atoms with Crippen molar-refractivity contribution in [3.8, 4) is 5.75 Å². The normalized spacial score (nSPS) is 20.7. The van der Waals surface area contributed by atoms with Gasteiger partial charge in [0.1, 0.15) is 18.4 Å². The minimum Gasteiger partial charge on any atom is -0.489 e. The first-order valence-corrected chi connectivity index (χ1v) is 7.48. The van der Waals surface area contributed by atoms with Crippen LogP contribution in [0.25, 0.3) is 0 Å². The van der Waals surface area contributed by atoms with E-state index in [9.17, 15) is 4.79 Å². The molecule has 1 heterocycles. The third kappa shape index (κ3) is 3.46. The number of hydrogen-bond donors (Lipinski definition) is 2. The molecule has 0 unspecified atom stereocenters. The number of ether oxygens (including phenoxy) is 1. The molecule has 0 aliphatic carbocycles. The van der Waals surface area contributed by atoms with E-state index in [4.69, 9.17) is 9.84 Å². The van der Waals surface area contributed by atoms with Crippen LogP contribution in [-0.4, -0.2) is 17.1 Å². The van der Waals surface area contributed by atoms with Crippen molar-refractivity contribution < 1.29 is 14.6 Å². The number of benzene rings is 2. The molecule has 2 atom stereocenters. The zero-order valence-electron chi connectivity index (χ0n) is 12.2. The molecule has 1 fully saturated rings. The Kier molecular flexibility index (Phi) is 4.39. The zero-order chi connectivity index (χ0) is 15.4. The highest BCUT2D eigenvalue weighted by atomic mass is 16.5. The zero-order valence-corrected chi connectivity index (χ0v) is 12.2. The summed E-state index contributed by atoms with van der Waals surface area (Å²) in [5.41, 5.74) is 2.24. The SMILES string of the molecule is O=C(O)[C@@H]1CC[C@H](c2ccc(OCc3ccccc3)cc2)N1. The fraction of sp³-hybridized carbons (Fsp3) is 0.278. The molecule has 0 amide bonds. The highest BCUT2D eigenvalue weighted by Crippen LogP contribution is 2.28. The average molecular weight is 297 g/mol. The molecule has 0 radical (unpaired) electrons. The molecule has 0 aromatic heterocycles. The Hall–Kier alpha value is -2.33. The molecule has 0 bridgehead atoms. The topological polar surface area (TPSA) is 58.6 Å². The second-order valence-electron chi connectivity index (χ2n) is 5.53. The molecule has 2 N–H and O–H groups in total. The number of rotatable bonds is 5. The highest BCUT2D eigenvalue weighted by molar-refractivity contribution is 5.73. The minimum absolute atomic E-state index is 0.115. The maximum atomic E-state index is 11.0. The van der Waals surface area contributed by atoms with E-state index in [2.05, 4.69) is 5.32 Å². The summed E-state index contributed by atoms with van der Waals surface area (Å²) in [5.74, 6) is 0.0469. The van der Waals surface area contributed by atoms with Crippen LogP contribution in [0.1, 0.15) is 30.0 Å². The predicted molar refractivity (Wildman–Crippen MR) is 83.8 cm³/mol. The van der Waals surface area contributed by atoms with Crippen molar-refractivity contribution in [2.24, 2.45) is 0 Å². The van der Waals surface area contributed by atoms with Crippen molar-refractivity contribution in [3.05, 3.63) is 65.7 Å². The minimum atomic E-state index is -0.773. The van der Waals surface area contributed by atoms with Gasteiger partial charge < -0.3 is 9.84 Å². The molecular weight excluding hydrogens is 278 g/mol. The standard InChI is InChI=1S/C18H19NO3/c20-18(21)17-11-10-16(19-17)14-6-8-15(9-7-14)22-12-13-4-2-1-3-5-13/h1-9,16-17,19H,10-12H2,(H,20,21)/t16-,17+/m1/s1. The summed E-state index contributed by atoms with van der Waals surface area (Å²) in [6.07, 6.45) is 1.52. The van der Waals surface area contributed by atoms with Crippen LogP contribution < -0.4 is 10.1 Å². The molecule has 114 valence electrons. The first-order chi connectivity index (χ1) is 10.7. The van der Waals surface area contributed by atoms with Gasteiger partial charge in [0.2, 0.25) is 0 Å². The van der Waals surface area contributed by atoms with Gasteiger partial charge in [-0.25, -0.2) is 0 Å². The quantitative estimate of drug-likeness (QED) is 0.890. The molecule has 22 heavy (non-hydrogen) atoms. The van der Waals surface area contributed by atoms with Crippen molar-refractivity contribution in [3.63, 3.8) is 0 Å². The van der Waals surface area contributed by atoms with Crippen molar-refractivity contribution in [1.29, 1.82) is 0 Å². The maximum absolute atomic E-state index is 11.0. The van der Waals surface area contributed by atoms with E-state index >= 15 is 0 Å². The van der Waals surface area contributed by atoms with Crippen LogP contribution in [0.4, 0.5) is 0 Å². The van der Waals surface area contributed by atoms with Gasteiger partial charge in [-0.1, -0.05) is 42.5 Å². The summed E-state index contributed by atoms with van der Waals surface area (Å²) in [6, 6.07) is 17.6. The van der Waals surface area contributed by atoms with Crippen molar-refractivity contribution >= 4 is 5.97 Å². The number of aliphatic carboxylic acids is 1. The second kappa shape index (κ2) is 6.62. The molecular formula is C18H19NO3. The van der Waals surface area contributed by atoms with Crippen LogP contribution in [0.15, 0.2) is 54.6 Å². The van der Waals surface area contributed by atoms with Crippen LogP contribution in [0.3, 0.4) is 0 Å². The molecule has 0 saturated carbocycles. The lowest BCUT2D eigenvalue weighted by atomic mass is 10.1. The van der Waals surface area contributed by atoms with Gasteiger partial charge in [-0.2, -0.15) is 0 Å². The smallest absolute Gasteiger partial charge is 0.320 e. The van der Waals surface area contributed by atoms with E-state index in [1.165, 1.54) is 0 Å². The van der Waals surface area contributed by atoms with Gasteiger partial charge in [-0.05, 0) is 36.1 Å². The molecule has 1 aliphatic rings. The van der Waals surface area contributed by atoms with E-state index in [1.54, 1.807) is 0 Å². The second-order valence-corrected chi connectivity index (χ2v) is 5.53. The number of carbonyl (C=O) groups is 1. The molecule has 3 rings (SSSR count). The molecule has 1 aliphatic heterocycles. The summed E-state index contributed by atoms with van der Waals surface area (Å²) in [4.78, 5) is 11.0. The molecule has 1 saturated heterocycles. The Bertz CT molecular complexity index is 625. The number of carboxylic acids is 1. The first kappa shape index (κ1) is 14.6. The van der Waals surface area contributed by atoms with Crippen LogP contribution in [0, 0.1) is 0 Å². The largest absolute Gasteiger partial charge is 0.489 e. The van der Waals surface area contributed by atoms with Gasteiger partial charge in [-0.15, -0.1) is 0 Å². The van der Waals surface area contributed by atoms with Crippen LogP contribution in [0.5, 0.6) is 5.75 Å². The Morgan fingerprint density at radius 1 is 1.09 bits per heavy atom. The molecule has 2 aromatic rings. The molecule has 4 heteroatoms. The third-order valence-corrected chi connectivity index (χ3v) is 3.98. The van der Waals surface area contributed by atoms with Gasteiger partial charge in [0.15, 0.2) is 0 Å². The Labute approximate surface area is 129 Å². The lowest BCUT2D eigenvalue weighted by Gasteiger charge is -2.13. The summed E-state index contributed by atoms with van der Waals surface area (Å²) < 4.78 is 5.75. The van der Waals surface area contributed by atoms with Gasteiger partial charge in [0.05, 0.1) is 0 Å². The summed E-state index contributed by atoms with van der Waals surface area (Å²) in [5, 5.41) is 12.2. The first-order valence-electron chi connectivity index (χ1n) is 7.48. The van der Waals surface area contributed by atoms with Gasteiger partial charge in [0.25, 0.3) is 0 Å². The number of nitrogens with one attached hydrogen (secondary N) is 1. The summed E-state index contributed by atoms with van der Waals surface area (Å²) in [6.45, 7) is 0.545. The van der Waals surface area contributed by atoms with Crippen LogP contribution in [-0.2, 0) is 11.4 Å². The number of hydrogen-bond acceptors (Lipinski definition) is 3. The molecule has 0 spiro atoms. The van der Waals surface area contributed by atoms with Gasteiger partial charge >= 0.3 is 5.97 Å². The average Bonchev–Trinajstić information content (AvgIpc) is 3.05. The van der Waals surface area contributed by atoms with Crippen molar-refractivity contribution in [2.75, 3.05) is 0 Å². The van der Waals surface area contributed by atoms with Crippen LogP contribution in [0.2, 0.25) is 0 Å². The van der Waals surface area contributed by atoms with Crippen molar-refractivity contribution in [1.82, 2.24) is 5.32 Å². The van der Waals surface area contributed by atoms with Crippen LogP contribution >= 0.6 is 0 Å². The Balaban J connectivity index is 1.58. The fourth-order valence-corrected chi connectivity index (χ4v) is 2.74. The van der Waals surface area contributed by atoms with Crippen molar-refractivity contribution in [2.45, 2.75) is 31.5 Å². The third-order valence-electron chi connectivity index (χ3n) is 3.98. The summed E-state index contributed by atoms with van der Waals surface area (Å²) in [7, 11) is 0. The molecule has 4 nitrogen and oxygen atoms in total. The maximum Gasteiger partial charge on any atom is 0.320 e. The molecule has 2 aromatic carbocycles. The van der Waals surface area contributed by atoms with E-state index in [-0.39, 0.29) is 6.04 Å². The van der Waals surface area contributed by atoms with E-state index in [0.29, 0.717) is 13.0 Å². The lowest BCUT2D eigenvalue weighted by molar-refractivity contribution is -0.139. The van der Waals surface area contributed by atoms with E-state index < -0.39 is 12.0 Å². The number of carboxylic acid groups (broad SMARTS) is 1. The highest BCUT2D eigenvalue weighted by Gasteiger charge is 2.29. The monoisotopic (exact) mass is 297 g/mol. The predicted octanol–water partition coefficient (Wildman–Crippen LogP) is 3.14. The summed E-state index contributed by atoms with van der Waals surface area (Å²) >= 11 is 0. The van der Waals surface area contributed by atoms with E-state index in [0.717, 1.165) is 23.3 Å². The van der Waals surface area contributed by atoms with Gasteiger partial charge in [0, 0.05) is 6.04 Å². The Morgan fingerprint density at radius 3 is 2.45 bits per heavy atom. The Morgan fingerprint density at radius 2 is 1.82 bits per heavy atom. The van der Waals surface area contributed by atoms with E-state index in [1.807, 2.05) is 54.6 Å². The fourth-order valence-electron chi connectivity index (χ4n) is 2.74. The van der Waals surface area contributed by atoms with Gasteiger partial charge in [-0.3, -0.25) is 10.1 Å². The lowest BCUT2D eigenvalue weighted by Crippen LogP contribution is -2.31.